The van der Waals surface area contributed by atoms with Crippen LogP contribution in [0.1, 0.15) is 50.8 Å². The van der Waals surface area contributed by atoms with Gasteiger partial charge in [-0.1, -0.05) is 13.3 Å². The molecule has 19 heavy (non-hydrogen) atoms. The van der Waals surface area contributed by atoms with Gasteiger partial charge in [0, 0.05) is 25.3 Å². The Labute approximate surface area is 115 Å². The summed E-state index contributed by atoms with van der Waals surface area (Å²) >= 11 is 0. The third-order valence-corrected chi connectivity index (χ3v) is 5.23. The van der Waals surface area contributed by atoms with Crippen molar-refractivity contribution in [3.05, 3.63) is 18.2 Å². The second kappa shape index (κ2) is 5.25. The van der Waals surface area contributed by atoms with Crippen molar-refractivity contribution >= 4 is 0 Å². The van der Waals surface area contributed by atoms with Crippen LogP contribution in [-0.2, 0) is 11.3 Å². The zero-order chi connectivity index (χ0) is 13.3. The van der Waals surface area contributed by atoms with E-state index >= 15 is 0 Å². The van der Waals surface area contributed by atoms with E-state index in [1.165, 1.54) is 31.4 Å². The lowest BCUT2D eigenvalue weighted by molar-refractivity contribution is 0.0979. The molecular weight excluding hydrogens is 238 g/mol. The Bertz CT molecular complexity index is 413. The lowest BCUT2D eigenvalue weighted by atomic mass is 9.67. The second-order valence-corrected chi connectivity index (χ2v) is 6.30. The lowest BCUT2D eigenvalue weighted by Gasteiger charge is -2.42. The molecule has 1 saturated heterocycles. The van der Waals surface area contributed by atoms with E-state index in [0.29, 0.717) is 11.3 Å². The molecule has 2 heterocycles. The quantitative estimate of drug-likeness (QED) is 0.888. The smallest absolute Gasteiger partial charge is 0.0948 e. The summed E-state index contributed by atoms with van der Waals surface area (Å²) in [6.45, 7) is 5.04. The molecule has 1 aromatic heterocycles. The average molecular weight is 263 g/mol. The Morgan fingerprint density at radius 2 is 2.42 bits per heavy atom. The van der Waals surface area contributed by atoms with Gasteiger partial charge in [0.05, 0.1) is 24.7 Å². The molecule has 0 radical (unpaired) electrons. The fourth-order valence-electron chi connectivity index (χ4n) is 3.48. The molecule has 4 nitrogen and oxygen atoms in total. The molecule has 1 aliphatic carbocycles. The molecule has 2 fully saturated rings. The number of hydrogen-bond acceptors (Lipinski definition) is 3. The first-order valence-corrected chi connectivity index (χ1v) is 7.57. The predicted octanol–water partition coefficient (Wildman–Crippen LogP) is 2.50. The van der Waals surface area contributed by atoms with Crippen LogP contribution in [0.5, 0.6) is 0 Å². The maximum Gasteiger partial charge on any atom is 0.0948 e. The Balaban J connectivity index is 1.74. The van der Waals surface area contributed by atoms with Crippen LogP contribution < -0.4 is 5.73 Å². The van der Waals surface area contributed by atoms with Gasteiger partial charge in [-0.25, -0.2) is 4.98 Å². The summed E-state index contributed by atoms with van der Waals surface area (Å²) in [4.78, 5) is 4.33. The van der Waals surface area contributed by atoms with Crippen molar-refractivity contribution in [1.29, 1.82) is 0 Å². The third-order valence-electron chi connectivity index (χ3n) is 5.23. The summed E-state index contributed by atoms with van der Waals surface area (Å²) in [6.07, 6.45) is 10.3. The van der Waals surface area contributed by atoms with Crippen molar-refractivity contribution in [2.24, 2.45) is 17.1 Å². The predicted molar refractivity (Wildman–Crippen MR) is 74.7 cm³/mol. The van der Waals surface area contributed by atoms with Gasteiger partial charge in [0.15, 0.2) is 0 Å². The summed E-state index contributed by atoms with van der Waals surface area (Å²) in [6, 6.07) is 0.0685. The summed E-state index contributed by atoms with van der Waals surface area (Å²) < 4.78 is 7.76. The van der Waals surface area contributed by atoms with Crippen LogP contribution in [0.2, 0.25) is 0 Å². The van der Waals surface area contributed by atoms with Gasteiger partial charge >= 0.3 is 0 Å². The summed E-state index contributed by atoms with van der Waals surface area (Å²) in [5, 5.41) is 0. The first-order valence-electron chi connectivity index (χ1n) is 7.57. The van der Waals surface area contributed by atoms with Crippen LogP contribution >= 0.6 is 0 Å². The summed E-state index contributed by atoms with van der Waals surface area (Å²) in [5.41, 5.74) is 8.12. The van der Waals surface area contributed by atoms with Crippen LogP contribution in [0, 0.1) is 11.3 Å². The van der Waals surface area contributed by atoms with Crippen molar-refractivity contribution in [2.75, 3.05) is 13.2 Å². The zero-order valence-corrected chi connectivity index (χ0v) is 11.8. The minimum absolute atomic E-state index is 0.0685. The first kappa shape index (κ1) is 13.1. The van der Waals surface area contributed by atoms with Gasteiger partial charge in [-0.05, 0) is 31.1 Å². The highest BCUT2D eigenvalue weighted by molar-refractivity contribution is 5.08. The maximum atomic E-state index is 6.42. The monoisotopic (exact) mass is 263 g/mol. The zero-order valence-electron chi connectivity index (χ0n) is 11.8. The molecule has 1 aliphatic heterocycles. The summed E-state index contributed by atoms with van der Waals surface area (Å²) in [7, 11) is 0. The fraction of sp³-hybridized carbons (Fsp3) is 0.800. The molecule has 0 spiro atoms. The highest BCUT2D eigenvalue weighted by Crippen LogP contribution is 2.45. The molecular formula is C15H25N3O. The van der Waals surface area contributed by atoms with Gasteiger partial charge in [0.1, 0.15) is 0 Å². The SMILES string of the molecule is CCC1(Cn2cncc2C(N)C2CCOC2)CCC1. The van der Waals surface area contributed by atoms with E-state index < -0.39 is 0 Å². The number of rotatable bonds is 5. The van der Waals surface area contributed by atoms with Crippen LogP contribution in [0.25, 0.3) is 0 Å². The van der Waals surface area contributed by atoms with Crippen LogP contribution in [0.4, 0.5) is 0 Å². The van der Waals surface area contributed by atoms with Crippen molar-refractivity contribution in [3.8, 4) is 0 Å². The Kier molecular flexibility index (Phi) is 3.63. The Morgan fingerprint density at radius 1 is 1.58 bits per heavy atom. The molecule has 106 valence electrons. The fourth-order valence-corrected chi connectivity index (χ4v) is 3.48. The van der Waals surface area contributed by atoms with E-state index in [4.69, 9.17) is 10.5 Å². The average Bonchev–Trinajstić information content (AvgIpc) is 3.04. The molecule has 1 aromatic rings. The van der Waals surface area contributed by atoms with Crippen molar-refractivity contribution in [1.82, 2.24) is 9.55 Å². The number of ether oxygens (including phenoxy) is 1. The molecule has 0 amide bonds. The van der Waals surface area contributed by atoms with Gasteiger partial charge in [0.25, 0.3) is 0 Å². The Morgan fingerprint density at radius 3 is 3.00 bits per heavy atom. The number of aromatic nitrogens is 2. The number of imidazole rings is 1. The van der Waals surface area contributed by atoms with Gasteiger partial charge in [0.2, 0.25) is 0 Å². The number of nitrogens with two attached hydrogens (primary N) is 1. The van der Waals surface area contributed by atoms with E-state index in [-0.39, 0.29) is 6.04 Å². The molecule has 3 rings (SSSR count). The minimum Gasteiger partial charge on any atom is -0.381 e. The molecule has 2 aliphatic rings. The van der Waals surface area contributed by atoms with Gasteiger partial charge < -0.3 is 15.0 Å². The normalized spacial score (nSPS) is 27.2. The van der Waals surface area contributed by atoms with Crippen molar-refractivity contribution < 1.29 is 4.74 Å². The molecule has 2 N–H and O–H groups in total. The topological polar surface area (TPSA) is 53.1 Å². The largest absolute Gasteiger partial charge is 0.381 e. The number of hydrogen-bond donors (Lipinski definition) is 1. The lowest BCUT2D eigenvalue weighted by Crippen LogP contribution is -2.35. The van der Waals surface area contributed by atoms with E-state index in [9.17, 15) is 0 Å². The van der Waals surface area contributed by atoms with Crippen molar-refractivity contribution in [2.45, 2.75) is 51.6 Å². The van der Waals surface area contributed by atoms with Crippen LogP contribution in [0.15, 0.2) is 12.5 Å². The van der Waals surface area contributed by atoms with Crippen LogP contribution in [-0.4, -0.2) is 22.8 Å². The Hall–Kier alpha value is -0.870. The van der Waals surface area contributed by atoms with Crippen molar-refractivity contribution in [3.63, 3.8) is 0 Å². The van der Waals surface area contributed by atoms with Gasteiger partial charge in [-0.15, -0.1) is 0 Å². The summed E-state index contributed by atoms with van der Waals surface area (Å²) in [5.74, 6) is 0.453. The van der Waals surface area contributed by atoms with E-state index in [1.807, 2.05) is 12.5 Å². The molecule has 4 heteroatoms. The van der Waals surface area contributed by atoms with E-state index in [2.05, 4.69) is 16.5 Å². The van der Waals surface area contributed by atoms with Gasteiger partial charge in [-0.2, -0.15) is 0 Å². The highest BCUT2D eigenvalue weighted by Gasteiger charge is 2.36. The molecule has 0 aromatic carbocycles. The molecule has 2 unspecified atom stereocenters. The minimum atomic E-state index is 0.0685. The van der Waals surface area contributed by atoms with E-state index in [1.54, 1.807) is 0 Å². The third kappa shape index (κ3) is 2.43. The second-order valence-electron chi connectivity index (χ2n) is 6.30. The molecule has 0 bridgehead atoms. The first-order chi connectivity index (χ1) is 9.24. The van der Waals surface area contributed by atoms with Crippen LogP contribution in [0.3, 0.4) is 0 Å². The number of nitrogens with zero attached hydrogens (tertiary/aromatic N) is 2. The highest BCUT2D eigenvalue weighted by atomic mass is 16.5. The molecule has 2 atom stereocenters. The molecule has 1 saturated carbocycles. The van der Waals surface area contributed by atoms with Gasteiger partial charge in [-0.3, -0.25) is 0 Å². The standard InChI is InChI=1S/C15H25N3O/c1-2-15(5-3-6-15)10-18-11-17-8-13(18)14(16)12-4-7-19-9-12/h8,11-12,14H,2-7,9-10,16H2,1H3. The van der Waals surface area contributed by atoms with E-state index in [0.717, 1.165) is 26.2 Å². The maximum absolute atomic E-state index is 6.42.